The van der Waals surface area contributed by atoms with Crippen LogP contribution < -0.4 is 5.32 Å². The average molecular weight is 348 g/mol. The summed E-state index contributed by atoms with van der Waals surface area (Å²) in [6, 6.07) is 7.36. The maximum absolute atomic E-state index is 3.60. The normalized spacial score (nSPS) is 26.0. The van der Waals surface area contributed by atoms with E-state index < -0.39 is 0 Å². The smallest absolute Gasteiger partial charge is 0.0631 e. The average Bonchev–Trinajstić information content (AvgIpc) is 2.53. The van der Waals surface area contributed by atoms with Crippen LogP contribution in [0.4, 0.5) is 5.69 Å². The van der Waals surface area contributed by atoms with E-state index in [-0.39, 0.29) is 0 Å². The number of hydrogen-bond donors (Lipinski definition) is 1. The number of hydrogen-bond acceptors (Lipinski definition) is 2. The summed E-state index contributed by atoms with van der Waals surface area (Å²) in [5.41, 5.74) is 1.16. The Labute approximate surface area is 114 Å². The number of anilines is 1. The van der Waals surface area contributed by atoms with E-state index in [0.29, 0.717) is 12.1 Å². The molecule has 16 heavy (non-hydrogen) atoms. The van der Waals surface area contributed by atoms with Crippen LogP contribution in [0.1, 0.15) is 13.3 Å². The molecule has 1 fully saturated rings. The highest BCUT2D eigenvalue weighted by molar-refractivity contribution is 9.11. The number of para-hydroxylation sites is 1. The molecular weight excluding hydrogens is 332 g/mol. The van der Waals surface area contributed by atoms with Crippen molar-refractivity contribution in [3.63, 3.8) is 0 Å². The van der Waals surface area contributed by atoms with Gasteiger partial charge in [-0.2, -0.15) is 0 Å². The fourth-order valence-electron chi connectivity index (χ4n) is 2.14. The first-order chi connectivity index (χ1) is 7.58. The van der Waals surface area contributed by atoms with Crippen molar-refractivity contribution >= 4 is 37.5 Å². The number of rotatable bonds is 2. The maximum atomic E-state index is 3.60. The summed E-state index contributed by atoms with van der Waals surface area (Å²) in [6.07, 6.45) is 1.20. The molecule has 2 atom stereocenters. The van der Waals surface area contributed by atoms with Crippen molar-refractivity contribution in [2.24, 2.45) is 0 Å². The van der Waals surface area contributed by atoms with Gasteiger partial charge in [0.05, 0.1) is 5.69 Å². The Morgan fingerprint density at radius 2 is 1.94 bits per heavy atom. The Hall–Kier alpha value is -0.0600. The zero-order chi connectivity index (χ0) is 11.7. The lowest BCUT2D eigenvalue weighted by Crippen LogP contribution is -2.25. The van der Waals surface area contributed by atoms with E-state index >= 15 is 0 Å². The molecule has 1 N–H and O–H groups in total. The number of likely N-dealkylation sites (N-methyl/N-ethyl adjacent to an activating group) is 1. The summed E-state index contributed by atoms with van der Waals surface area (Å²) < 4.78 is 2.23. The first kappa shape index (κ1) is 12.4. The number of benzene rings is 1. The van der Waals surface area contributed by atoms with E-state index in [4.69, 9.17) is 0 Å². The van der Waals surface area contributed by atoms with E-state index in [1.165, 1.54) is 6.42 Å². The minimum Gasteiger partial charge on any atom is -0.379 e. The van der Waals surface area contributed by atoms with Gasteiger partial charge in [0.2, 0.25) is 0 Å². The Morgan fingerprint density at radius 3 is 2.44 bits per heavy atom. The van der Waals surface area contributed by atoms with Crippen LogP contribution in [-0.4, -0.2) is 30.6 Å². The van der Waals surface area contributed by atoms with Crippen LogP contribution in [0.2, 0.25) is 0 Å². The quantitative estimate of drug-likeness (QED) is 0.877. The van der Waals surface area contributed by atoms with Gasteiger partial charge in [0.1, 0.15) is 0 Å². The summed E-state index contributed by atoms with van der Waals surface area (Å²) >= 11 is 7.16. The second kappa shape index (κ2) is 5.07. The van der Waals surface area contributed by atoms with Gasteiger partial charge in [0, 0.05) is 27.6 Å². The summed E-state index contributed by atoms with van der Waals surface area (Å²) in [5, 5.41) is 3.60. The molecule has 0 amide bonds. The predicted octanol–water partition coefficient (Wildman–Crippen LogP) is 3.72. The first-order valence-corrected chi connectivity index (χ1v) is 7.07. The van der Waals surface area contributed by atoms with Crippen molar-refractivity contribution in [2.75, 3.05) is 18.9 Å². The van der Waals surface area contributed by atoms with Gasteiger partial charge in [-0.15, -0.1) is 0 Å². The Kier molecular flexibility index (Phi) is 3.93. The van der Waals surface area contributed by atoms with E-state index in [9.17, 15) is 0 Å². The molecule has 1 heterocycles. The second-order valence-electron chi connectivity index (χ2n) is 4.46. The fraction of sp³-hybridized carbons (Fsp3) is 0.500. The second-order valence-corrected chi connectivity index (χ2v) is 6.17. The van der Waals surface area contributed by atoms with Crippen molar-refractivity contribution in [2.45, 2.75) is 25.4 Å². The number of likely N-dealkylation sites (tertiary alicyclic amines) is 1. The molecule has 1 aliphatic rings. The molecule has 1 aromatic carbocycles. The zero-order valence-electron chi connectivity index (χ0n) is 9.50. The highest BCUT2D eigenvalue weighted by Crippen LogP contribution is 2.32. The van der Waals surface area contributed by atoms with Gasteiger partial charge in [-0.3, -0.25) is 0 Å². The standard InChI is InChI=1S/C12H16Br2N2/c1-8-6-9(7-16(8)2)15-12-10(13)4-3-5-11(12)14/h3-5,8-9,15H,6-7H2,1-2H3. The molecule has 4 heteroatoms. The third-order valence-corrected chi connectivity index (χ3v) is 4.52. The number of halogens is 2. The first-order valence-electron chi connectivity index (χ1n) is 5.48. The molecule has 0 saturated carbocycles. The van der Waals surface area contributed by atoms with Crippen LogP contribution in [0.25, 0.3) is 0 Å². The summed E-state index contributed by atoms with van der Waals surface area (Å²) in [6.45, 7) is 3.38. The van der Waals surface area contributed by atoms with Gasteiger partial charge in [-0.25, -0.2) is 0 Å². The minimum absolute atomic E-state index is 0.537. The molecule has 2 unspecified atom stereocenters. The summed E-state index contributed by atoms with van der Waals surface area (Å²) in [4.78, 5) is 2.39. The number of nitrogens with zero attached hydrogens (tertiary/aromatic N) is 1. The lowest BCUT2D eigenvalue weighted by molar-refractivity contribution is 0.330. The summed E-state index contributed by atoms with van der Waals surface area (Å²) in [7, 11) is 2.18. The van der Waals surface area contributed by atoms with Crippen LogP contribution in [0, 0.1) is 0 Å². The highest BCUT2D eigenvalue weighted by atomic mass is 79.9. The lowest BCUT2D eigenvalue weighted by atomic mass is 10.2. The fourth-order valence-corrected chi connectivity index (χ4v) is 3.37. The molecule has 0 aromatic heterocycles. The molecular formula is C12H16Br2N2. The van der Waals surface area contributed by atoms with Crippen LogP contribution in [0.15, 0.2) is 27.1 Å². The molecule has 0 aliphatic carbocycles. The third-order valence-electron chi connectivity index (χ3n) is 3.20. The zero-order valence-corrected chi connectivity index (χ0v) is 12.7. The molecule has 1 aliphatic heterocycles. The molecule has 2 rings (SSSR count). The Morgan fingerprint density at radius 1 is 1.31 bits per heavy atom. The molecule has 0 spiro atoms. The van der Waals surface area contributed by atoms with Gasteiger partial charge < -0.3 is 10.2 Å². The molecule has 1 saturated heterocycles. The predicted molar refractivity (Wildman–Crippen MR) is 76.0 cm³/mol. The van der Waals surface area contributed by atoms with Crippen molar-refractivity contribution in [1.82, 2.24) is 4.90 Å². The topological polar surface area (TPSA) is 15.3 Å². The molecule has 2 nitrogen and oxygen atoms in total. The van der Waals surface area contributed by atoms with E-state index in [0.717, 1.165) is 21.2 Å². The van der Waals surface area contributed by atoms with Crippen molar-refractivity contribution in [3.8, 4) is 0 Å². The SMILES string of the molecule is CC1CC(Nc2c(Br)cccc2Br)CN1C. The highest BCUT2D eigenvalue weighted by Gasteiger charge is 2.26. The molecule has 0 bridgehead atoms. The van der Waals surface area contributed by atoms with Crippen LogP contribution in [-0.2, 0) is 0 Å². The summed E-state index contributed by atoms with van der Waals surface area (Å²) in [5.74, 6) is 0. The Bertz CT molecular complexity index is 351. The van der Waals surface area contributed by atoms with Gasteiger partial charge >= 0.3 is 0 Å². The molecule has 0 radical (unpaired) electrons. The van der Waals surface area contributed by atoms with Crippen LogP contribution in [0.3, 0.4) is 0 Å². The Balaban J connectivity index is 2.10. The van der Waals surface area contributed by atoms with Gasteiger partial charge in [0.25, 0.3) is 0 Å². The van der Waals surface area contributed by atoms with Gasteiger partial charge in [-0.05, 0) is 64.4 Å². The van der Waals surface area contributed by atoms with E-state index in [1.54, 1.807) is 0 Å². The van der Waals surface area contributed by atoms with Crippen LogP contribution >= 0.6 is 31.9 Å². The largest absolute Gasteiger partial charge is 0.379 e. The van der Waals surface area contributed by atoms with Crippen molar-refractivity contribution in [3.05, 3.63) is 27.1 Å². The maximum Gasteiger partial charge on any atom is 0.0631 e. The number of nitrogens with one attached hydrogen (secondary N) is 1. The van der Waals surface area contributed by atoms with Gasteiger partial charge in [0.15, 0.2) is 0 Å². The van der Waals surface area contributed by atoms with Crippen LogP contribution in [0.5, 0.6) is 0 Å². The van der Waals surface area contributed by atoms with Crippen molar-refractivity contribution in [1.29, 1.82) is 0 Å². The van der Waals surface area contributed by atoms with E-state index in [2.05, 4.69) is 68.2 Å². The molecule has 1 aromatic rings. The lowest BCUT2D eigenvalue weighted by Gasteiger charge is -2.16. The minimum atomic E-state index is 0.537. The third kappa shape index (κ3) is 2.60. The monoisotopic (exact) mass is 346 g/mol. The molecule has 88 valence electrons. The van der Waals surface area contributed by atoms with Gasteiger partial charge in [-0.1, -0.05) is 6.07 Å². The van der Waals surface area contributed by atoms with Crippen molar-refractivity contribution < 1.29 is 0 Å². The van der Waals surface area contributed by atoms with E-state index in [1.807, 2.05) is 6.07 Å².